The summed E-state index contributed by atoms with van der Waals surface area (Å²) in [5.74, 6) is 0.917. The minimum atomic E-state index is -0.993. The number of hydrogen-bond donors (Lipinski definition) is 1. The lowest BCUT2D eigenvalue weighted by Crippen LogP contribution is -2.46. The van der Waals surface area contributed by atoms with Crippen molar-refractivity contribution in [2.45, 2.75) is 50.5 Å². The average Bonchev–Trinajstić information content (AvgIpc) is 3.00. The molecule has 2 aromatic rings. The predicted molar refractivity (Wildman–Crippen MR) is 121 cm³/mol. The van der Waals surface area contributed by atoms with Crippen LogP contribution in [0.3, 0.4) is 0 Å². The number of hydroxylamine groups is 2. The maximum absolute atomic E-state index is 14.0. The molecule has 0 radical (unpaired) electrons. The Morgan fingerprint density at radius 3 is 2.66 bits per heavy atom. The van der Waals surface area contributed by atoms with Gasteiger partial charge in [-0.05, 0) is 68.1 Å². The summed E-state index contributed by atoms with van der Waals surface area (Å²) in [5.41, 5.74) is 7.16. The van der Waals surface area contributed by atoms with Crippen molar-refractivity contribution in [1.82, 2.24) is 5.06 Å². The van der Waals surface area contributed by atoms with E-state index in [1.165, 1.54) is 17.2 Å². The van der Waals surface area contributed by atoms with Crippen LogP contribution >= 0.6 is 11.6 Å². The van der Waals surface area contributed by atoms with Crippen LogP contribution in [0.15, 0.2) is 41.4 Å². The van der Waals surface area contributed by atoms with Crippen LogP contribution in [-0.2, 0) is 15.3 Å². The van der Waals surface area contributed by atoms with Crippen LogP contribution in [0.4, 0.5) is 4.39 Å². The SMILES string of the molecule is CN1OC2(C[C@H](C3CCOC(C)(C)C3)Oc3ccc(-c4cc(F)cc(Cl)c4)cc32)N=C1N. The van der Waals surface area contributed by atoms with Gasteiger partial charge in [-0.3, -0.25) is 0 Å². The third kappa shape index (κ3) is 3.83. The fraction of sp³-hybridized carbons (Fsp3) is 0.458. The van der Waals surface area contributed by atoms with Gasteiger partial charge >= 0.3 is 0 Å². The molecule has 5 rings (SSSR count). The van der Waals surface area contributed by atoms with E-state index in [2.05, 4.69) is 13.8 Å². The molecule has 1 fully saturated rings. The van der Waals surface area contributed by atoms with Crippen molar-refractivity contribution in [2.75, 3.05) is 13.7 Å². The van der Waals surface area contributed by atoms with E-state index >= 15 is 0 Å². The molecule has 2 aromatic carbocycles. The molecule has 3 heterocycles. The van der Waals surface area contributed by atoms with Crippen LogP contribution in [0.5, 0.6) is 5.75 Å². The van der Waals surface area contributed by atoms with Crippen LogP contribution in [0.1, 0.15) is 38.7 Å². The number of nitrogens with zero attached hydrogens (tertiary/aromatic N) is 2. The Bertz CT molecular complexity index is 1070. The molecule has 8 heteroatoms. The molecule has 1 saturated heterocycles. The molecule has 0 aromatic heterocycles. The summed E-state index contributed by atoms with van der Waals surface area (Å²) < 4.78 is 26.4. The Hall–Kier alpha value is -2.35. The number of ether oxygens (including phenoxy) is 2. The zero-order chi connectivity index (χ0) is 22.7. The third-order valence-corrected chi connectivity index (χ3v) is 6.74. The fourth-order valence-electron chi connectivity index (χ4n) is 5.03. The van der Waals surface area contributed by atoms with Gasteiger partial charge in [0.1, 0.15) is 17.7 Å². The Kier molecular flexibility index (Phi) is 5.11. The Labute approximate surface area is 192 Å². The first-order chi connectivity index (χ1) is 15.1. The first kappa shape index (κ1) is 21.5. The summed E-state index contributed by atoms with van der Waals surface area (Å²) in [5, 5.41) is 1.83. The standard InChI is InChI=1S/C24H27ClFN3O3/c1-23(2)12-15(6-7-30-23)21-13-24(28-22(27)29(3)32-24)19-10-14(4-5-20(19)31-21)16-8-17(25)11-18(26)9-16/h4-5,8-11,15,21H,6-7,12-13H2,1-3H3,(H2,27,28)/t15?,21-,24?/m1/s1. The first-order valence-electron chi connectivity index (χ1n) is 10.8. The van der Waals surface area contributed by atoms with Crippen molar-refractivity contribution in [3.63, 3.8) is 0 Å². The largest absolute Gasteiger partial charge is 0.489 e. The van der Waals surface area contributed by atoms with E-state index in [0.717, 1.165) is 24.0 Å². The number of fused-ring (bicyclic) bond motifs is 2. The number of hydrogen-bond acceptors (Lipinski definition) is 6. The van der Waals surface area contributed by atoms with Crippen molar-refractivity contribution in [3.8, 4) is 16.9 Å². The molecule has 2 unspecified atom stereocenters. The van der Waals surface area contributed by atoms with Crippen LogP contribution in [0.25, 0.3) is 11.1 Å². The van der Waals surface area contributed by atoms with Gasteiger partial charge in [0.15, 0.2) is 0 Å². The fourth-order valence-corrected chi connectivity index (χ4v) is 5.25. The molecular weight excluding hydrogens is 433 g/mol. The van der Waals surface area contributed by atoms with Crippen molar-refractivity contribution in [1.29, 1.82) is 0 Å². The van der Waals surface area contributed by atoms with Gasteiger partial charge in [0.05, 0.1) is 11.2 Å². The maximum Gasteiger partial charge on any atom is 0.221 e. The zero-order valence-corrected chi connectivity index (χ0v) is 19.2. The summed E-state index contributed by atoms with van der Waals surface area (Å²) in [6.07, 6.45) is 2.23. The molecule has 6 nitrogen and oxygen atoms in total. The quantitative estimate of drug-likeness (QED) is 0.695. The van der Waals surface area contributed by atoms with Gasteiger partial charge < -0.3 is 15.2 Å². The molecule has 3 atom stereocenters. The van der Waals surface area contributed by atoms with Gasteiger partial charge in [-0.2, -0.15) is 0 Å². The molecular formula is C24H27ClFN3O3. The van der Waals surface area contributed by atoms with Crippen LogP contribution in [0.2, 0.25) is 5.02 Å². The highest BCUT2D eigenvalue weighted by atomic mass is 35.5. The molecule has 1 spiro atoms. The number of rotatable bonds is 2. The van der Waals surface area contributed by atoms with E-state index in [1.807, 2.05) is 18.2 Å². The highest BCUT2D eigenvalue weighted by molar-refractivity contribution is 6.30. The van der Waals surface area contributed by atoms with Crippen molar-refractivity contribution in [2.24, 2.45) is 16.6 Å². The highest BCUT2D eigenvalue weighted by Gasteiger charge is 2.51. The molecule has 0 amide bonds. The van der Waals surface area contributed by atoms with Crippen LogP contribution in [-0.4, -0.2) is 36.4 Å². The zero-order valence-electron chi connectivity index (χ0n) is 18.4. The molecule has 170 valence electrons. The second kappa shape index (κ2) is 7.61. The highest BCUT2D eigenvalue weighted by Crippen LogP contribution is 2.50. The number of halogens is 2. The molecule has 0 saturated carbocycles. The molecule has 32 heavy (non-hydrogen) atoms. The maximum atomic E-state index is 14.0. The number of guanidine groups is 1. The van der Waals surface area contributed by atoms with Gasteiger partial charge in [-0.25, -0.2) is 19.3 Å². The lowest BCUT2D eigenvalue weighted by molar-refractivity contribution is -0.198. The lowest BCUT2D eigenvalue weighted by atomic mass is 9.79. The van der Waals surface area contributed by atoms with Crippen LogP contribution < -0.4 is 10.5 Å². The summed E-state index contributed by atoms with van der Waals surface area (Å²) >= 11 is 6.09. The summed E-state index contributed by atoms with van der Waals surface area (Å²) in [6, 6.07) is 10.2. The van der Waals surface area contributed by atoms with Gasteiger partial charge in [0.2, 0.25) is 11.7 Å². The van der Waals surface area contributed by atoms with Gasteiger partial charge in [0.25, 0.3) is 0 Å². The first-order valence-corrected chi connectivity index (χ1v) is 11.2. The minimum absolute atomic E-state index is 0.0943. The molecule has 0 bridgehead atoms. The predicted octanol–water partition coefficient (Wildman–Crippen LogP) is 4.85. The topological polar surface area (TPSA) is 69.3 Å². The third-order valence-electron chi connectivity index (χ3n) is 6.52. The molecule has 3 aliphatic rings. The second-order valence-corrected chi connectivity index (χ2v) is 9.87. The van der Waals surface area contributed by atoms with Crippen LogP contribution in [0, 0.1) is 11.7 Å². The van der Waals surface area contributed by atoms with Gasteiger partial charge in [-0.15, -0.1) is 0 Å². The molecule has 2 N–H and O–H groups in total. The second-order valence-electron chi connectivity index (χ2n) is 9.43. The normalized spacial score (nSPS) is 28.9. The monoisotopic (exact) mass is 459 g/mol. The summed E-state index contributed by atoms with van der Waals surface area (Å²) in [7, 11) is 1.74. The Morgan fingerprint density at radius 2 is 1.97 bits per heavy atom. The van der Waals surface area contributed by atoms with E-state index < -0.39 is 11.5 Å². The molecule has 0 aliphatic carbocycles. The van der Waals surface area contributed by atoms with E-state index in [9.17, 15) is 4.39 Å². The minimum Gasteiger partial charge on any atom is -0.489 e. The van der Waals surface area contributed by atoms with Gasteiger partial charge in [0, 0.05) is 31.0 Å². The Morgan fingerprint density at radius 1 is 1.16 bits per heavy atom. The van der Waals surface area contributed by atoms with E-state index in [1.54, 1.807) is 13.1 Å². The smallest absolute Gasteiger partial charge is 0.221 e. The van der Waals surface area contributed by atoms with Crippen molar-refractivity contribution in [3.05, 3.63) is 52.8 Å². The lowest BCUT2D eigenvalue weighted by Gasteiger charge is -2.44. The Balaban J connectivity index is 1.57. The van der Waals surface area contributed by atoms with Gasteiger partial charge in [-0.1, -0.05) is 17.7 Å². The van der Waals surface area contributed by atoms with E-state index in [4.69, 9.17) is 36.6 Å². The average molecular weight is 460 g/mol. The summed E-state index contributed by atoms with van der Waals surface area (Å²) in [6.45, 7) is 4.92. The number of benzene rings is 2. The number of aliphatic imine (C=N–C) groups is 1. The van der Waals surface area contributed by atoms with E-state index in [-0.39, 0.29) is 11.7 Å². The number of nitrogens with two attached hydrogens (primary N) is 1. The van der Waals surface area contributed by atoms with E-state index in [0.29, 0.717) is 41.2 Å². The molecule has 3 aliphatic heterocycles. The summed E-state index contributed by atoms with van der Waals surface area (Å²) in [4.78, 5) is 11.0. The van der Waals surface area contributed by atoms with Crippen molar-refractivity contribution < 1.29 is 18.7 Å². The van der Waals surface area contributed by atoms with Crippen molar-refractivity contribution >= 4 is 17.6 Å².